The number of hydrogen-bond acceptors (Lipinski definition) is 6. The summed E-state index contributed by atoms with van der Waals surface area (Å²) in [5.41, 5.74) is 6.52. The van der Waals surface area contributed by atoms with Crippen LogP contribution in [0, 0.1) is 10.1 Å². The van der Waals surface area contributed by atoms with Crippen molar-refractivity contribution in [2.75, 3.05) is 5.73 Å². The zero-order valence-electron chi connectivity index (χ0n) is 16.0. The van der Waals surface area contributed by atoms with E-state index in [2.05, 4.69) is 9.97 Å². The molecule has 8 nitrogen and oxygen atoms in total. The van der Waals surface area contributed by atoms with Crippen molar-refractivity contribution in [3.8, 4) is 0 Å². The fraction of sp³-hybridized carbons (Fsp3) is 0.0500. The van der Waals surface area contributed by atoms with E-state index in [9.17, 15) is 10.1 Å². The predicted octanol–water partition coefficient (Wildman–Crippen LogP) is 5.36. The topological polar surface area (TPSA) is 132 Å². The predicted molar refractivity (Wildman–Crippen MR) is 118 cm³/mol. The van der Waals surface area contributed by atoms with E-state index in [1.165, 1.54) is 18.3 Å². The standard InChI is InChI=1S/C9H5ClN2O2.C9H7ClN2.C2H4O2.Fe/c10-9-4-7-6(5-11-9)2-1-3-8(7)12(13)14;10-9-4-7-6(5-12-9)2-1-3-8(7)11;1-2(3)4;/h1-5H;1-5H,11H2;1H3,(H,3,4);. The summed E-state index contributed by atoms with van der Waals surface area (Å²) in [5, 5.41) is 22.0. The van der Waals surface area contributed by atoms with Gasteiger partial charge in [0.1, 0.15) is 10.3 Å². The SMILES string of the molecule is CC(=O)O.Nc1cccc2cnc(Cl)cc12.O=[N+]([O-])c1cccc2cnc(Cl)cc12.[Fe]. The number of nitrogens with two attached hydrogens (primary N) is 1. The molecule has 4 aromatic rings. The van der Waals surface area contributed by atoms with Crippen LogP contribution in [0.4, 0.5) is 11.4 Å². The number of pyridine rings is 2. The number of hydrogen-bond donors (Lipinski definition) is 2. The third-order valence-electron chi connectivity index (χ3n) is 3.67. The van der Waals surface area contributed by atoms with Crippen molar-refractivity contribution in [3.05, 3.63) is 81.3 Å². The second-order valence-corrected chi connectivity index (χ2v) is 6.63. The number of rotatable bonds is 1. The van der Waals surface area contributed by atoms with Crippen LogP contribution in [0.1, 0.15) is 6.92 Å². The molecular weight excluding hydrogens is 487 g/mol. The Morgan fingerprint density at radius 3 is 1.97 bits per heavy atom. The molecule has 0 unspecified atom stereocenters. The monoisotopic (exact) mass is 502 g/mol. The molecule has 11 heteroatoms. The summed E-state index contributed by atoms with van der Waals surface area (Å²) in [5.74, 6) is -0.833. The summed E-state index contributed by atoms with van der Waals surface area (Å²) in [6.07, 6.45) is 3.23. The van der Waals surface area contributed by atoms with Crippen molar-refractivity contribution in [3.63, 3.8) is 0 Å². The number of nitrogens with zero attached hydrogens (tertiary/aromatic N) is 3. The molecule has 2 aromatic carbocycles. The number of non-ortho nitro benzene ring substituents is 1. The van der Waals surface area contributed by atoms with Gasteiger partial charge in [0.2, 0.25) is 0 Å². The number of halogens is 2. The minimum absolute atomic E-state index is 0. The van der Waals surface area contributed by atoms with Gasteiger partial charge in [0.05, 0.1) is 10.3 Å². The molecule has 0 aliphatic heterocycles. The first kappa shape index (κ1) is 26.1. The molecule has 0 atom stereocenters. The molecular formula is C20H16Cl2FeN4O4. The van der Waals surface area contributed by atoms with Crippen LogP contribution in [0.15, 0.2) is 60.9 Å². The Labute approximate surface area is 197 Å². The molecule has 0 spiro atoms. The van der Waals surface area contributed by atoms with Crippen molar-refractivity contribution >= 4 is 62.1 Å². The van der Waals surface area contributed by atoms with Crippen molar-refractivity contribution in [2.24, 2.45) is 0 Å². The van der Waals surface area contributed by atoms with Crippen LogP contribution >= 0.6 is 23.2 Å². The van der Waals surface area contributed by atoms with Gasteiger partial charge in [0.15, 0.2) is 0 Å². The maximum absolute atomic E-state index is 10.7. The number of fused-ring (bicyclic) bond motifs is 2. The molecule has 2 heterocycles. The van der Waals surface area contributed by atoms with Crippen LogP contribution < -0.4 is 5.73 Å². The Kier molecular flexibility index (Phi) is 10.1. The second-order valence-electron chi connectivity index (χ2n) is 5.86. The Morgan fingerprint density at radius 1 is 1.00 bits per heavy atom. The summed E-state index contributed by atoms with van der Waals surface area (Å²) in [7, 11) is 0. The number of carbonyl (C=O) groups is 1. The fourth-order valence-corrected chi connectivity index (χ4v) is 2.77. The van der Waals surface area contributed by atoms with E-state index in [0.717, 1.165) is 23.4 Å². The first-order chi connectivity index (χ1) is 14.2. The van der Waals surface area contributed by atoms with E-state index >= 15 is 0 Å². The molecule has 31 heavy (non-hydrogen) atoms. The van der Waals surface area contributed by atoms with E-state index in [1.54, 1.807) is 24.4 Å². The molecule has 0 saturated carbocycles. The number of carboxylic acids is 1. The smallest absolute Gasteiger partial charge is 0.300 e. The molecule has 162 valence electrons. The first-order valence-corrected chi connectivity index (χ1v) is 9.12. The number of nitro benzene ring substituents is 1. The van der Waals surface area contributed by atoms with Gasteiger partial charge in [0.25, 0.3) is 11.7 Å². The third kappa shape index (κ3) is 7.66. The van der Waals surface area contributed by atoms with Gasteiger partial charge in [-0.1, -0.05) is 47.5 Å². The average molecular weight is 503 g/mol. The number of nitro groups is 1. The normalized spacial score (nSPS) is 9.52. The van der Waals surface area contributed by atoms with Crippen LogP contribution in [0.2, 0.25) is 10.3 Å². The van der Waals surface area contributed by atoms with Gasteiger partial charge >= 0.3 is 0 Å². The van der Waals surface area contributed by atoms with Gasteiger partial charge in [0, 0.05) is 64.3 Å². The summed E-state index contributed by atoms with van der Waals surface area (Å²) in [4.78, 5) is 27.0. The minimum Gasteiger partial charge on any atom is -0.481 e. The number of nitrogen functional groups attached to an aromatic ring is 1. The number of benzene rings is 2. The third-order valence-corrected chi connectivity index (χ3v) is 4.08. The van der Waals surface area contributed by atoms with Crippen LogP contribution in [-0.4, -0.2) is 26.0 Å². The Balaban J connectivity index is 0.000000260. The van der Waals surface area contributed by atoms with Crippen LogP contribution in [-0.2, 0) is 21.9 Å². The molecule has 4 rings (SSSR count). The molecule has 3 N–H and O–H groups in total. The van der Waals surface area contributed by atoms with Crippen LogP contribution in [0.25, 0.3) is 21.5 Å². The fourth-order valence-electron chi connectivity index (χ4n) is 2.46. The Bertz CT molecular complexity index is 1220. The van der Waals surface area contributed by atoms with Crippen LogP contribution in [0.3, 0.4) is 0 Å². The molecule has 0 amide bonds. The van der Waals surface area contributed by atoms with E-state index in [0.29, 0.717) is 15.9 Å². The molecule has 0 aliphatic carbocycles. The molecule has 0 radical (unpaired) electrons. The van der Waals surface area contributed by atoms with E-state index in [4.69, 9.17) is 38.8 Å². The van der Waals surface area contributed by atoms with Crippen molar-refractivity contribution in [2.45, 2.75) is 6.92 Å². The summed E-state index contributed by atoms with van der Waals surface area (Å²) in [6.45, 7) is 1.08. The van der Waals surface area contributed by atoms with Crippen molar-refractivity contribution in [1.82, 2.24) is 9.97 Å². The minimum atomic E-state index is -0.833. The molecule has 0 bridgehead atoms. The average Bonchev–Trinajstić information content (AvgIpc) is 2.68. The second kappa shape index (κ2) is 12.0. The Hall–Kier alpha value is -2.97. The maximum Gasteiger partial charge on any atom is 0.300 e. The van der Waals surface area contributed by atoms with Gasteiger partial charge in [-0.25, -0.2) is 9.97 Å². The van der Waals surface area contributed by atoms with Crippen molar-refractivity contribution in [1.29, 1.82) is 0 Å². The largest absolute Gasteiger partial charge is 0.481 e. The van der Waals surface area contributed by atoms with E-state index in [1.807, 2.05) is 18.2 Å². The maximum atomic E-state index is 10.7. The number of aromatic nitrogens is 2. The van der Waals surface area contributed by atoms with Gasteiger partial charge in [-0.2, -0.15) is 0 Å². The zero-order valence-corrected chi connectivity index (χ0v) is 18.6. The van der Waals surface area contributed by atoms with Gasteiger partial charge in [-0.15, -0.1) is 0 Å². The zero-order chi connectivity index (χ0) is 22.3. The molecule has 0 fully saturated rings. The first-order valence-electron chi connectivity index (χ1n) is 8.37. The van der Waals surface area contributed by atoms with E-state index < -0.39 is 10.9 Å². The quantitative estimate of drug-likeness (QED) is 0.118. The van der Waals surface area contributed by atoms with Gasteiger partial charge < -0.3 is 10.8 Å². The van der Waals surface area contributed by atoms with Gasteiger partial charge in [-0.05, 0) is 18.2 Å². The number of anilines is 1. The van der Waals surface area contributed by atoms with Crippen LogP contribution in [0.5, 0.6) is 0 Å². The summed E-state index contributed by atoms with van der Waals surface area (Å²) in [6, 6.07) is 13.8. The summed E-state index contributed by atoms with van der Waals surface area (Å²) >= 11 is 11.4. The molecule has 0 aliphatic rings. The molecule has 2 aromatic heterocycles. The van der Waals surface area contributed by atoms with Crippen molar-refractivity contribution < 1.29 is 31.9 Å². The van der Waals surface area contributed by atoms with E-state index in [-0.39, 0.29) is 27.9 Å². The van der Waals surface area contributed by atoms with Gasteiger partial charge in [-0.3, -0.25) is 14.9 Å². The number of carboxylic acid groups (broad SMARTS) is 1. The summed E-state index contributed by atoms with van der Waals surface area (Å²) < 4.78 is 0. The number of aliphatic carboxylic acids is 1. The Morgan fingerprint density at radius 2 is 1.45 bits per heavy atom. The molecule has 0 saturated heterocycles.